The molecular formula is C32H38F6N6O4. The van der Waals surface area contributed by atoms with E-state index in [1.165, 1.54) is 12.4 Å². The number of benzene rings is 1. The Bertz CT molecular complexity index is 1510. The van der Waals surface area contributed by atoms with Crippen molar-refractivity contribution < 1.29 is 46.1 Å². The van der Waals surface area contributed by atoms with E-state index in [9.17, 15) is 41.4 Å². The normalized spacial score (nSPS) is 23.2. The Kier molecular flexibility index (Phi) is 10.2. The van der Waals surface area contributed by atoms with Gasteiger partial charge in [-0.2, -0.15) is 31.4 Å². The van der Waals surface area contributed by atoms with Crippen molar-refractivity contribution in [1.29, 1.82) is 0 Å². The molecular weight excluding hydrogens is 646 g/mol. The molecule has 1 unspecified atom stereocenters. The van der Waals surface area contributed by atoms with Gasteiger partial charge in [0.05, 0.1) is 17.3 Å². The highest BCUT2D eigenvalue weighted by Gasteiger charge is 2.44. The van der Waals surface area contributed by atoms with Gasteiger partial charge >= 0.3 is 18.4 Å². The molecule has 3 heterocycles. The molecule has 10 nitrogen and oxygen atoms in total. The van der Waals surface area contributed by atoms with Crippen LogP contribution in [0.3, 0.4) is 0 Å². The molecule has 0 radical (unpaired) electrons. The van der Waals surface area contributed by atoms with Crippen molar-refractivity contribution in [3.05, 3.63) is 59.7 Å². The van der Waals surface area contributed by atoms with Crippen LogP contribution in [-0.4, -0.2) is 71.5 Å². The number of hydrogen-bond acceptors (Lipinski definition) is 8. The average Bonchev–Trinajstić information content (AvgIpc) is 3.45. The first-order valence-corrected chi connectivity index (χ1v) is 15.8. The van der Waals surface area contributed by atoms with Gasteiger partial charge in [0.25, 0.3) is 0 Å². The third-order valence-electron chi connectivity index (χ3n) is 9.22. The second-order valence-electron chi connectivity index (χ2n) is 12.5. The predicted molar refractivity (Wildman–Crippen MR) is 161 cm³/mol. The molecule has 1 amide bonds. The third kappa shape index (κ3) is 7.86. The number of halogens is 6. The second kappa shape index (κ2) is 13.9. The number of alkyl halides is 6. The summed E-state index contributed by atoms with van der Waals surface area (Å²) in [5.74, 6) is -0.258. The smallest absolute Gasteiger partial charge is 0.416 e. The van der Waals surface area contributed by atoms with E-state index in [-0.39, 0.29) is 42.1 Å². The predicted octanol–water partition coefficient (Wildman–Crippen LogP) is 6.17. The number of carbonyl (C=O) groups is 1. The molecule has 3 atom stereocenters. The Morgan fingerprint density at radius 2 is 1.48 bits per heavy atom. The molecule has 1 saturated heterocycles. The maximum Gasteiger partial charge on any atom is 0.416 e. The number of aryl methyl sites for hydroxylation is 1. The van der Waals surface area contributed by atoms with Gasteiger partial charge in [0.2, 0.25) is 5.95 Å². The SMILES string of the molecule is CC[C@@H]1CC(N(Cc2cc(C(F)(F)F)cc(C(F)(F)F)c2)c2ncc(-c3cnn(C)c3)cn2)C[C@H](CC)N1C(=O)OC1CC(C(O)O)C1. The molecule has 5 rings (SSSR count). The Balaban J connectivity index is 1.47. The lowest BCUT2D eigenvalue weighted by molar-refractivity contribution is -0.143. The van der Waals surface area contributed by atoms with Crippen LogP contribution in [0.1, 0.15) is 69.1 Å². The van der Waals surface area contributed by atoms with Gasteiger partial charge < -0.3 is 24.7 Å². The number of aromatic nitrogens is 4. The van der Waals surface area contributed by atoms with Crippen LogP contribution >= 0.6 is 0 Å². The summed E-state index contributed by atoms with van der Waals surface area (Å²) in [6, 6.07) is 0.318. The summed E-state index contributed by atoms with van der Waals surface area (Å²) in [5, 5.41) is 22.9. The number of anilines is 1. The fraction of sp³-hybridized carbons (Fsp3) is 0.562. The largest absolute Gasteiger partial charge is 0.446 e. The van der Waals surface area contributed by atoms with E-state index >= 15 is 0 Å². The molecule has 3 aromatic rings. The Morgan fingerprint density at radius 1 is 0.917 bits per heavy atom. The van der Waals surface area contributed by atoms with Gasteiger partial charge in [0.15, 0.2) is 6.29 Å². The summed E-state index contributed by atoms with van der Waals surface area (Å²) < 4.78 is 89.9. The molecule has 1 aliphatic heterocycles. The van der Waals surface area contributed by atoms with E-state index < -0.39 is 48.0 Å². The molecule has 48 heavy (non-hydrogen) atoms. The zero-order valence-corrected chi connectivity index (χ0v) is 26.6. The monoisotopic (exact) mass is 684 g/mol. The van der Waals surface area contributed by atoms with Crippen LogP contribution in [0.4, 0.5) is 37.1 Å². The highest BCUT2D eigenvalue weighted by molar-refractivity contribution is 5.69. The van der Waals surface area contributed by atoms with Gasteiger partial charge in [-0.05, 0) is 62.3 Å². The maximum absolute atomic E-state index is 13.8. The second-order valence-corrected chi connectivity index (χ2v) is 12.5. The number of aliphatic hydroxyl groups excluding tert-OH is 1. The number of ether oxygens (including phenoxy) is 1. The van der Waals surface area contributed by atoms with Crippen molar-refractivity contribution >= 4 is 12.0 Å². The van der Waals surface area contributed by atoms with Crippen LogP contribution < -0.4 is 4.90 Å². The van der Waals surface area contributed by atoms with Crippen molar-refractivity contribution in [3.8, 4) is 11.1 Å². The average molecular weight is 685 g/mol. The number of carbonyl (C=O) groups excluding carboxylic acids is 1. The minimum absolute atomic E-state index is 0.100. The maximum atomic E-state index is 13.8. The van der Waals surface area contributed by atoms with E-state index in [1.54, 1.807) is 33.9 Å². The summed E-state index contributed by atoms with van der Waals surface area (Å²) in [6.07, 6.45) is -3.80. The topological polar surface area (TPSA) is 117 Å². The lowest BCUT2D eigenvalue weighted by atomic mass is 9.82. The van der Waals surface area contributed by atoms with Crippen molar-refractivity contribution in [2.75, 3.05) is 4.90 Å². The van der Waals surface area contributed by atoms with E-state index in [4.69, 9.17) is 4.74 Å². The number of rotatable bonds is 9. The molecule has 1 aromatic carbocycles. The van der Waals surface area contributed by atoms with Gasteiger partial charge in [-0.25, -0.2) is 14.8 Å². The molecule has 262 valence electrons. The van der Waals surface area contributed by atoms with Crippen LogP contribution in [-0.2, 0) is 30.7 Å². The third-order valence-corrected chi connectivity index (χ3v) is 9.22. The fourth-order valence-electron chi connectivity index (χ4n) is 6.54. The first-order valence-electron chi connectivity index (χ1n) is 15.8. The molecule has 2 aromatic heterocycles. The first-order chi connectivity index (χ1) is 22.6. The number of likely N-dealkylation sites (tertiary alicyclic amines) is 1. The Morgan fingerprint density at radius 3 is 1.94 bits per heavy atom. The molecule has 0 bridgehead atoms. The van der Waals surface area contributed by atoms with Gasteiger partial charge in [-0.3, -0.25) is 4.68 Å². The molecule has 1 aliphatic carbocycles. The number of amides is 1. The van der Waals surface area contributed by atoms with E-state index in [0.717, 1.165) is 5.56 Å². The van der Waals surface area contributed by atoms with Gasteiger partial charge in [0, 0.05) is 67.4 Å². The number of nitrogens with zero attached hydrogens (tertiary/aromatic N) is 6. The lowest BCUT2D eigenvalue weighted by Crippen LogP contribution is -2.57. The van der Waals surface area contributed by atoms with Crippen molar-refractivity contribution in [1.82, 2.24) is 24.6 Å². The summed E-state index contributed by atoms with van der Waals surface area (Å²) in [5.41, 5.74) is -1.71. The summed E-state index contributed by atoms with van der Waals surface area (Å²) >= 11 is 0. The molecule has 2 fully saturated rings. The highest BCUT2D eigenvalue weighted by Crippen LogP contribution is 2.39. The van der Waals surface area contributed by atoms with Crippen LogP contribution in [0.15, 0.2) is 43.0 Å². The molecule has 16 heteroatoms. The van der Waals surface area contributed by atoms with E-state index in [2.05, 4.69) is 15.1 Å². The van der Waals surface area contributed by atoms with Crippen LogP contribution in [0.25, 0.3) is 11.1 Å². The highest BCUT2D eigenvalue weighted by atomic mass is 19.4. The number of aliphatic hydroxyl groups is 2. The van der Waals surface area contributed by atoms with Gasteiger partial charge in [-0.15, -0.1) is 0 Å². The summed E-state index contributed by atoms with van der Waals surface area (Å²) in [4.78, 5) is 25.7. The zero-order chi connectivity index (χ0) is 35.0. The van der Waals surface area contributed by atoms with Gasteiger partial charge in [0.1, 0.15) is 6.10 Å². The quantitative estimate of drug-likeness (QED) is 0.203. The molecule has 2 N–H and O–H groups in total. The zero-order valence-electron chi connectivity index (χ0n) is 26.6. The fourth-order valence-corrected chi connectivity index (χ4v) is 6.54. The number of piperidine rings is 1. The van der Waals surface area contributed by atoms with Crippen molar-refractivity contribution in [2.24, 2.45) is 13.0 Å². The van der Waals surface area contributed by atoms with Crippen LogP contribution in [0.2, 0.25) is 0 Å². The summed E-state index contributed by atoms with van der Waals surface area (Å²) in [6.45, 7) is 3.41. The Hall–Kier alpha value is -3.92. The van der Waals surface area contributed by atoms with Crippen molar-refractivity contribution in [2.45, 2.75) is 102 Å². The van der Waals surface area contributed by atoms with Crippen molar-refractivity contribution in [3.63, 3.8) is 0 Å². The molecule has 0 spiro atoms. The minimum atomic E-state index is -5.01. The van der Waals surface area contributed by atoms with Crippen LogP contribution in [0, 0.1) is 5.92 Å². The lowest BCUT2D eigenvalue weighted by Gasteiger charge is -2.48. The summed E-state index contributed by atoms with van der Waals surface area (Å²) in [7, 11) is 1.74. The van der Waals surface area contributed by atoms with E-state index in [1.807, 2.05) is 13.8 Å². The molecule has 1 saturated carbocycles. The van der Waals surface area contributed by atoms with Gasteiger partial charge in [-0.1, -0.05) is 13.8 Å². The van der Waals surface area contributed by atoms with Crippen LogP contribution in [0.5, 0.6) is 0 Å². The first kappa shape index (κ1) is 35.4. The van der Waals surface area contributed by atoms with E-state index in [0.29, 0.717) is 56.2 Å². The Labute approximate surface area is 273 Å². The number of hydrogen-bond donors (Lipinski definition) is 2. The minimum Gasteiger partial charge on any atom is -0.446 e. The standard InChI is InChI=1S/C32H38F6N6O4/c1-4-24-11-26(12-25(5-2)44(24)30(47)48-27-8-19(9-27)28(45)46)43(29-39-13-20(14-40-29)21-15-41-42(3)17-21)16-18-6-22(31(33,34)35)10-23(7-18)32(36,37)38/h6-7,10,13-15,17,19,24-28,45-46H,4-5,8-9,11-12,16H2,1-3H3/t19?,24-,25+,26?,27?. The molecule has 2 aliphatic rings.